The molecular weight excluding hydrogens is 436 g/mol. The van der Waals surface area contributed by atoms with E-state index in [0.717, 1.165) is 11.0 Å². The van der Waals surface area contributed by atoms with Gasteiger partial charge in [-0.05, 0) is 47.9 Å². The third-order valence-corrected chi connectivity index (χ3v) is 5.67. The molecule has 0 saturated heterocycles. The van der Waals surface area contributed by atoms with Crippen molar-refractivity contribution in [3.05, 3.63) is 82.6 Å². The Bertz CT molecular complexity index is 1490. The Labute approximate surface area is 189 Å². The summed E-state index contributed by atoms with van der Waals surface area (Å²) in [7, 11) is 1.51. The lowest BCUT2D eigenvalue weighted by molar-refractivity contribution is -0.136. The van der Waals surface area contributed by atoms with Gasteiger partial charge in [0.25, 0.3) is 5.91 Å². The lowest BCUT2D eigenvalue weighted by Gasteiger charge is -2.19. The van der Waals surface area contributed by atoms with Gasteiger partial charge in [0, 0.05) is 36.9 Å². The minimum Gasteiger partial charge on any atom is -0.328 e. The van der Waals surface area contributed by atoms with Crippen LogP contribution in [0.4, 0.5) is 17.6 Å². The number of halogens is 4. The minimum absolute atomic E-state index is 0.0246. The molecule has 0 fully saturated rings. The van der Waals surface area contributed by atoms with Crippen LogP contribution in [-0.4, -0.2) is 25.6 Å². The first-order chi connectivity index (χ1) is 16.4. The van der Waals surface area contributed by atoms with E-state index in [0.29, 0.717) is 16.7 Å². The van der Waals surface area contributed by atoms with Crippen LogP contribution in [0.3, 0.4) is 0 Å². The Morgan fingerprint density at radius 1 is 1.18 bits per heavy atom. The number of rotatable bonds is 3. The molecule has 1 aliphatic rings. The zero-order valence-corrected chi connectivity index (χ0v) is 17.5. The second-order valence-electron chi connectivity index (χ2n) is 7.88. The Kier molecular flexibility index (Phi) is 4.21. The average Bonchev–Trinajstić information content (AvgIpc) is 3.25. The lowest BCUT2D eigenvalue weighted by Crippen LogP contribution is -2.24. The fourth-order valence-electron chi connectivity index (χ4n) is 4.09. The number of alkyl halides is 3. The quantitative estimate of drug-likeness (QED) is 0.396. The number of nitrogens with zero attached hydrogens (tertiary/aromatic N) is 4. The number of fused-ring (bicyclic) bond motifs is 2. The van der Waals surface area contributed by atoms with Crippen molar-refractivity contribution in [2.75, 3.05) is 0 Å². The van der Waals surface area contributed by atoms with Gasteiger partial charge in [0.1, 0.15) is 11.3 Å². The third-order valence-electron chi connectivity index (χ3n) is 5.67. The summed E-state index contributed by atoms with van der Waals surface area (Å²) in [6, 6.07) is 7.99. The van der Waals surface area contributed by atoms with Gasteiger partial charge in [-0.15, -0.1) is 0 Å². The van der Waals surface area contributed by atoms with Gasteiger partial charge in [-0.1, -0.05) is 12.1 Å². The summed E-state index contributed by atoms with van der Waals surface area (Å²) in [5, 5.41) is 4.18. The lowest BCUT2D eigenvalue weighted by atomic mass is 9.95. The molecule has 2 aromatic carbocycles. The normalized spacial score (nSPS) is 16.2. The van der Waals surface area contributed by atoms with E-state index in [4.69, 9.17) is 2.74 Å². The van der Waals surface area contributed by atoms with Crippen LogP contribution < -0.4 is 0 Å². The van der Waals surface area contributed by atoms with E-state index in [1.165, 1.54) is 48.4 Å². The number of amides is 1. The number of carbonyl (C=O) groups excluding carboxylic acids is 1. The van der Waals surface area contributed by atoms with E-state index in [1.807, 2.05) is 0 Å². The first kappa shape index (κ1) is 18.8. The molecule has 1 aliphatic heterocycles. The van der Waals surface area contributed by atoms with Crippen molar-refractivity contribution >= 4 is 16.8 Å². The van der Waals surface area contributed by atoms with E-state index in [-0.39, 0.29) is 34.3 Å². The van der Waals surface area contributed by atoms with Gasteiger partial charge in [-0.2, -0.15) is 18.3 Å². The second kappa shape index (κ2) is 7.40. The first-order valence-electron chi connectivity index (χ1n) is 11.0. The first-order valence-corrected chi connectivity index (χ1v) is 10.00. The summed E-state index contributed by atoms with van der Waals surface area (Å²) in [4.78, 5) is 17.7. The van der Waals surface area contributed by atoms with Crippen molar-refractivity contribution in [3.8, 4) is 11.1 Å². The van der Waals surface area contributed by atoms with Gasteiger partial charge in [0.05, 0.1) is 26.1 Å². The van der Waals surface area contributed by atoms with E-state index < -0.39 is 30.0 Å². The summed E-state index contributed by atoms with van der Waals surface area (Å²) in [5.41, 5.74) is 0.223. The number of aromatic nitrogens is 3. The number of hydrogen-bond donors (Lipinski definition) is 0. The molecule has 1 amide bonds. The van der Waals surface area contributed by atoms with Crippen LogP contribution in [-0.2, 0) is 26.3 Å². The maximum atomic E-state index is 15.4. The van der Waals surface area contributed by atoms with Gasteiger partial charge in [0.2, 0.25) is 0 Å². The molecule has 0 spiro atoms. The minimum atomic E-state index is -4.59. The molecule has 0 unspecified atom stereocenters. The van der Waals surface area contributed by atoms with Crippen LogP contribution in [0.5, 0.6) is 0 Å². The molecule has 0 radical (unpaired) electrons. The summed E-state index contributed by atoms with van der Waals surface area (Å²) < 4.78 is 73.7. The predicted molar refractivity (Wildman–Crippen MR) is 114 cm³/mol. The van der Waals surface area contributed by atoms with Crippen molar-refractivity contribution in [1.82, 2.24) is 19.7 Å². The highest BCUT2D eigenvalue weighted by Gasteiger charge is 2.34. The maximum Gasteiger partial charge on any atom is 0.418 e. The maximum absolute atomic E-state index is 15.4. The molecule has 168 valence electrons. The second-order valence-corrected chi connectivity index (χ2v) is 7.88. The van der Waals surface area contributed by atoms with E-state index in [9.17, 15) is 18.0 Å². The zero-order chi connectivity index (χ0) is 25.3. The predicted octanol–water partition coefficient (Wildman–Crippen LogP) is 5.26. The summed E-state index contributed by atoms with van der Waals surface area (Å²) in [5.74, 6) is -1.30. The fraction of sp³-hybridized carbons (Fsp3) is 0.208. The Balaban J connectivity index is 1.56. The van der Waals surface area contributed by atoms with Gasteiger partial charge in [-0.3, -0.25) is 14.5 Å². The number of hydrogen-bond acceptors (Lipinski definition) is 3. The molecule has 0 bridgehead atoms. The van der Waals surface area contributed by atoms with Gasteiger partial charge in [-0.25, -0.2) is 4.39 Å². The van der Waals surface area contributed by atoms with Crippen molar-refractivity contribution in [2.24, 2.45) is 7.05 Å². The number of aryl methyl sites for hydroxylation is 2. The van der Waals surface area contributed by atoms with E-state index in [2.05, 4.69) is 10.1 Å². The summed E-state index contributed by atoms with van der Waals surface area (Å²) >= 11 is 0. The zero-order valence-electron chi connectivity index (χ0n) is 19.5. The molecule has 0 saturated carbocycles. The van der Waals surface area contributed by atoms with Gasteiger partial charge >= 0.3 is 6.18 Å². The monoisotopic (exact) mass is 456 g/mol. The topological polar surface area (TPSA) is 51.0 Å². The van der Waals surface area contributed by atoms with Crippen LogP contribution in [0.1, 0.15) is 35.5 Å². The van der Waals surface area contributed by atoms with Crippen molar-refractivity contribution in [2.45, 2.75) is 26.1 Å². The highest BCUT2D eigenvalue weighted by molar-refractivity contribution is 5.98. The molecule has 5 nitrogen and oxygen atoms in total. The standard InChI is InChI=1S/C24H18F4N4O/c1-13-8-14(15-5-6-19(24(26,27)28)22-18(15)10-31(2)30-22)9-20(25)17(13)11-32-12-21-16(23(32)33)4-3-7-29-21/h3-10H,11-12H2,1-2H3/i12D2. The van der Waals surface area contributed by atoms with Crippen molar-refractivity contribution in [3.63, 3.8) is 0 Å². The van der Waals surface area contributed by atoms with Crippen LogP contribution in [0.2, 0.25) is 0 Å². The van der Waals surface area contributed by atoms with Crippen LogP contribution >= 0.6 is 0 Å². The molecule has 5 rings (SSSR count). The van der Waals surface area contributed by atoms with Gasteiger partial charge < -0.3 is 4.90 Å². The summed E-state index contributed by atoms with van der Waals surface area (Å²) in [6.45, 7) is -0.954. The SMILES string of the molecule is [2H]C1([2H])c2ncccc2C(=O)N1Cc1c(C)cc(-c2ccc(C(F)(F)F)c3nn(C)cc23)cc1F. The molecule has 3 heterocycles. The molecule has 9 heteroatoms. The van der Waals surface area contributed by atoms with Gasteiger partial charge in [0.15, 0.2) is 0 Å². The fourth-order valence-corrected chi connectivity index (χ4v) is 4.09. The molecule has 2 aromatic heterocycles. The highest BCUT2D eigenvalue weighted by Crippen LogP contribution is 2.39. The molecule has 4 aromatic rings. The van der Waals surface area contributed by atoms with E-state index in [1.54, 1.807) is 13.0 Å². The number of pyridine rings is 1. The average molecular weight is 456 g/mol. The highest BCUT2D eigenvalue weighted by atomic mass is 19.4. The number of benzene rings is 2. The molecular formula is C24H18F4N4O. The van der Waals surface area contributed by atoms with Crippen LogP contribution in [0, 0.1) is 12.7 Å². The Morgan fingerprint density at radius 2 is 1.97 bits per heavy atom. The largest absolute Gasteiger partial charge is 0.418 e. The van der Waals surface area contributed by atoms with Crippen LogP contribution in [0.25, 0.3) is 22.0 Å². The number of carbonyl (C=O) groups is 1. The summed E-state index contributed by atoms with van der Waals surface area (Å²) in [6.07, 6.45) is -1.76. The molecule has 0 atom stereocenters. The third kappa shape index (κ3) is 3.53. The Hall–Kier alpha value is -3.75. The van der Waals surface area contributed by atoms with Crippen molar-refractivity contribution in [1.29, 1.82) is 0 Å². The molecule has 33 heavy (non-hydrogen) atoms. The van der Waals surface area contributed by atoms with Crippen LogP contribution in [0.15, 0.2) is 48.8 Å². The Morgan fingerprint density at radius 3 is 2.67 bits per heavy atom. The molecule has 0 N–H and O–H groups in total. The molecule has 0 aliphatic carbocycles. The smallest absolute Gasteiger partial charge is 0.328 e. The van der Waals surface area contributed by atoms with Crippen molar-refractivity contribution < 1.29 is 25.1 Å². The van der Waals surface area contributed by atoms with E-state index >= 15 is 4.39 Å².